The standard InChI is InChI=1S/C13H14BrNO2/c14-11-6-4-10(5-7-11)12(16)2-1-3-13(17)15-8-9-15/h4-7H,1-3,8-9H2. The molecule has 0 radical (unpaired) electrons. The van der Waals surface area contributed by atoms with E-state index in [1.807, 2.05) is 12.1 Å². The van der Waals surface area contributed by atoms with E-state index in [2.05, 4.69) is 15.9 Å². The Balaban J connectivity index is 1.76. The lowest BCUT2D eigenvalue weighted by Gasteiger charge is -2.02. The number of benzene rings is 1. The smallest absolute Gasteiger partial charge is 0.222 e. The normalized spacial score (nSPS) is 13.6. The zero-order valence-electron chi connectivity index (χ0n) is 9.49. The van der Waals surface area contributed by atoms with E-state index in [9.17, 15) is 9.59 Å². The minimum Gasteiger partial charge on any atom is -0.339 e. The van der Waals surface area contributed by atoms with Crippen LogP contribution < -0.4 is 0 Å². The van der Waals surface area contributed by atoms with Crippen molar-refractivity contribution >= 4 is 27.6 Å². The molecule has 0 N–H and O–H groups in total. The van der Waals surface area contributed by atoms with Gasteiger partial charge in [-0.2, -0.15) is 0 Å². The minimum atomic E-state index is 0.107. The molecule has 0 atom stereocenters. The number of halogens is 1. The van der Waals surface area contributed by atoms with E-state index in [1.165, 1.54) is 0 Å². The Morgan fingerprint density at radius 1 is 1.12 bits per heavy atom. The first-order valence-electron chi connectivity index (χ1n) is 5.73. The maximum Gasteiger partial charge on any atom is 0.222 e. The molecular formula is C13H14BrNO2. The second-order valence-corrected chi connectivity index (χ2v) is 5.08. The molecule has 1 aromatic rings. The van der Waals surface area contributed by atoms with Gasteiger partial charge in [-0.25, -0.2) is 0 Å². The number of nitrogens with zero attached hydrogens (tertiary/aromatic N) is 1. The number of carbonyl (C=O) groups excluding carboxylic acids is 2. The van der Waals surface area contributed by atoms with Crippen LogP contribution in [0.4, 0.5) is 0 Å². The summed E-state index contributed by atoms with van der Waals surface area (Å²) in [6.45, 7) is 1.78. The van der Waals surface area contributed by atoms with Crippen LogP contribution in [0.1, 0.15) is 29.6 Å². The third-order valence-electron chi connectivity index (χ3n) is 2.76. The van der Waals surface area contributed by atoms with Crippen molar-refractivity contribution in [1.82, 2.24) is 4.90 Å². The second-order valence-electron chi connectivity index (χ2n) is 4.16. The molecule has 0 unspecified atom stereocenters. The van der Waals surface area contributed by atoms with Crippen LogP contribution in [0.5, 0.6) is 0 Å². The van der Waals surface area contributed by atoms with Gasteiger partial charge in [0, 0.05) is 36.0 Å². The third-order valence-corrected chi connectivity index (χ3v) is 3.29. The van der Waals surface area contributed by atoms with Gasteiger partial charge in [-0.05, 0) is 18.6 Å². The summed E-state index contributed by atoms with van der Waals surface area (Å²) < 4.78 is 0.964. The van der Waals surface area contributed by atoms with Crippen LogP contribution in [-0.4, -0.2) is 29.7 Å². The molecule has 17 heavy (non-hydrogen) atoms. The summed E-state index contributed by atoms with van der Waals surface area (Å²) in [6, 6.07) is 7.32. The highest BCUT2D eigenvalue weighted by atomic mass is 79.9. The molecule has 0 aliphatic carbocycles. The summed E-state index contributed by atoms with van der Waals surface area (Å²) in [4.78, 5) is 25.0. The topological polar surface area (TPSA) is 37.1 Å². The van der Waals surface area contributed by atoms with E-state index in [4.69, 9.17) is 0 Å². The highest BCUT2D eigenvalue weighted by molar-refractivity contribution is 9.10. The Kier molecular flexibility index (Phi) is 3.94. The van der Waals surface area contributed by atoms with Gasteiger partial charge in [-0.1, -0.05) is 28.1 Å². The summed E-state index contributed by atoms with van der Waals surface area (Å²) in [5.41, 5.74) is 0.715. The zero-order valence-corrected chi connectivity index (χ0v) is 11.1. The van der Waals surface area contributed by atoms with Crippen molar-refractivity contribution in [3.8, 4) is 0 Å². The van der Waals surface area contributed by atoms with Gasteiger partial charge in [0.05, 0.1) is 0 Å². The number of carbonyl (C=O) groups is 2. The zero-order chi connectivity index (χ0) is 12.3. The average Bonchev–Trinajstić information content (AvgIpc) is 3.13. The highest BCUT2D eigenvalue weighted by Crippen LogP contribution is 2.14. The second kappa shape index (κ2) is 5.45. The maximum atomic E-state index is 11.8. The Bertz CT molecular complexity index is 424. The van der Waals surface area contributed by atoms with Crippen molar-refractivity contribution in [2.75, 3.05) is 13.1 Å². The molecule has 1 heterocycles. The number of ketones is 1. The Labute approximate surface area is 109 Å². The van der Waals surface area contributed by atoms with Gasteiger partial charge in [0.1, 0.15) is 0 Å². The quantitative estimate of drug-likeness (QED) is 0.619. The summed E-state index contributed by atoms with van der Waals surface area (Å²) in [5.74, 6) is 0.282. The fourth-order valence-corrected chi connectivity index (χ4v) is 1.90. The first-order chi connectivity index (χ1) is 8.16. The molecule has 1 saturated heterocycles. The van der Waals surface area contributed by atoms with Gasteiger partial charge in [0.2, 0.25) is 5.91 Å². The SMILES string of the molecule is O=C(CCCC(=O)N1CC1)c1ccc(Br)cc1. The molecule has 0 aromatic heterocycles. The van der Waals surface area contributed by atoms with Gasteiger partial charge in [0.25, 0.3) is 0 Å². The number of Topliss-reactive ketones (excluding diaryl/α,β-unsaturated/α-hetero) is 1. The molecule has 1 amide bonds. The number of rotatable bonds is 5. The molecule has 1 aromatic carbocycles. The Hall–Kier alpha value is -1.16. The molecule has 90 valence electrons. The van der Waals surface area contributed by atoms with E-state index < -0.39 is 0 Å². The number of hydrogen-bond donors (Lipinski definition) is 0. The van der Waals surface area contributed by atoms with E-state index in [1.54, 1.807) is 17.0 Å². The third kappa shape index (κ3) is 3.66. The van der Waals surface area contributed by atoms with E-state index in [0.717, 1.165) is 17.6 Å². The first kappa shape index (κ1) is 12.3. The van der Waals surface area contributed by atoms with E-state index >= 15 is 0 Å². The van der Waals surface area contributed by atoms with Crippen molar-refractivity contribution in [3.05, 3.63) is 34.3 Å². The molecule has 0 spiro atoms. The average molecular weight is 296 g/mol. The van der Waals surface area contributed by atoms with E-state index in [-0.39, 0.29) is 11.7 Å². The lowest BCUT2D eigenvalue weighted by Crippen LogP contribution is -2.10. The first-order valence-corrected chi connectivity index (χ1v) is 6.52. The minimum absolute atomic E-state index is 0.107. The highest BCUT2D eigenvalue weighted by Gasteiger charge is 2.23. The summed E-state index contributed by atoms with van der Waals surface area (Å²) >= 11 is 3.33. The monoisotopic (exact) mass is 295 g/mol. The molecule has 2 rings (SSSR count). The predicted molar refractivity (Wildman–Crippen MR) is 68.9 cm³/mol. The number of hydrogen-bond acceptors (Lipinski definition) is 2. The summed E-state index contributed by atoms with van der Waals surface area (Å²) in [5, 5.41) is 0. The maximum absolute atomic E-state index is 11.8. The Morgan fingerprint density at radius 2 is 1.76 bits per heavy atom. The van der Waals surface area contributed by atoms with Crippen molar-refractivity contribution < 1.29 is 9.59 Å². The molecule has 4 heteroatoms. The molecule has 0 saturated carbocycles. The molecule has 3 nitrogen and oxygen atoms in total. The molecular weight excluding hydrogens is 282 g/mol. The molecule has 0 bridgehead atoms. The lowest BCUT2D eigenvalue weighted by atomic mass is 10.1. The fraction of sp³-hybridized carbons (Fsp3) is 0.385. The summed E-state index contributed by atoms with van der Waals surface area (Å²) in [6.07, 6.45) is 1.58. The van der Waals surface area contributed by atoms with Crippen molar-refractivity contribution in [1.29, 1.82) is 0 Å². The van der Waals surface area contributed by atoms with Crippen LogP contribution in [-0.2, 0) is 4.79 Å². The van der Waals surface area contributed by atoms with Crippen LogP contribution in [0.2, 0.25) is 0 Å². The van der Waals surface area contributed by atoms with E-state index in [0.29, 0.717) is 24.8 Å². The molecule has 1 fully saturated rings. The fourth-order valence-electron chi connectivity index (χ4n) is 1.64. The molecule has 1 aliphatic heterocycles. The van der Waals surface area contributed by atoms with Crippen LogP contribution in [0, 0.1) is 0 Å². The summed E-state index contributed by atoms with van der Waals surface area (Å²) in [7, 11) is 0. The van der Waals surface area contributed by atoms with Crippen molar-refractivity contribution in [3.63, 3.8) is 0 Å². The van der Waals surface area contributed by atoms with Crippen LogP contribution in [0.3, 0.4) is 0 Å². The molecule has 1 aliphatic rings. The van der Waals surface area contributed by atoms with Gasteiger partial charge < -0.3 is 4.90 Å². The number of amides is 1. The van der Waals surface area contributed by atoms with Gasteiger partial charge in [-0.15, -0.1) is 0 Å². The lowest BCUT2D eigenvalue weighted by molar-refractivity contribution is -0.125. The van der Waals surface area contributed by atoms with Gasteiger partial charge in [-0.3, -0.25) is 9.59 Å². The van der Waals surface area contributed by atoms with Crippen molar-refractivity contribution in [2.45, 2.75) is 19.3 Å². The van der Waals surface area contributed by atoms with Gasteiger partial charge in [0.15, 0.2) is 5.78 Å². The van der Waals surface area contributed by atoms with Crippen LogP contribution in [0.25, 0.3) is 0 Å². The largest absolute Gasteiger partial charge is 0.339 e. The van der Waals surface area contributed by atoms with Crippen molar-refractivity contribution in [2.24, 2.45) is 0 Å². The van der Waals surface area contributed by atoms with Gasteiger partial charge >= 0.3 is 0 Å². The van der Waals surface area contributed by atoms with Crippen LogP contribution in [0.15, 0.2) is 28.7 Å². The Morgan fingerprint density at radius 3 is 2.35 bits per heavy atom. The van der Waals surface area contributed by atoms with Crippen LogP contribution >= 0.6 is 15.9 Å². The predicted octanol–water partition coefficient (Wildman–Crippen LogP) is 2.64.